The summed E-state index contributed by atoms with van der Waals surface area (Å²) in [6, 6.07) is 22.5. The van der Waals surface area contributed by atoms with E-state index in [0.29, 0.717) is 27.2 Å². The molecule has 0 unspecified atom stereocenters. The zero-order chi connectivity index (χ0) is 21.3. The summed E-state index contributed by atoms with van der Waals surface area (Å²) in [4.78, 5) is 18.1. The Kier molecular flexibility index (Phi) is 5.76. The number of anilines is 1. The first-order valence-electron chi connectivity index (χ1n) is 9.69. The van der Waals surface area contributed by atoms with E-state index in [-0.39, 0.29) is 5.91 Å². The summed E-state index contributed by atoms with van der Waals surface area (Å²) in [7, 11) is 0. The molecule has 5 heteroatoms. The van der Waals surface area contributed by atoms with Crippen LogP contribution in [-0.4, -0.2) is 10.9 Å². The molecule has 0 atom stereocenters. The molecule has 0 aliphatic heterocycles. The summed E-state index contributed by atoms with van der Waals surface area (Å²) in [5.41, 5.74) is 4.51. The van der Waals surface area contributed by atoms with Gasteiger partial charge in [0.2, 0.25) is 0 Å². The van der Waals surface area contributed by atoms with Gasteiger partial charge in [-0.05, 0) is 47.9 Å². The van der Waals surface area contributed by atoms with Crippen molar-refractivity contribution in [3.63, 3.8) is 0 Å². The first-order valence-corrected chi connectivity index (χ1v) is 10.4. The van der Waals surface area contributed by atoms with Gasteiger partial charge in [-0.3, -0.25) is 4.79 Å². The lowest BCUT2D eigenvalue weighted by molar-refractivity contribution is 0.102. The summed E-state index contributed by atoms with van der Waals surface area (Å²) in [5.74, 6) is 0.104. The van der Waals surface area contributed by atoms with Crippen molar-refractivity contribution in [1.29, 1.82) is 0 Å². The molecule has 150 valence electrons. The highest BCUT2D eigenvalue weighted by Crippen LogP contribution is 2.32. The lowest BCUT2D eigenvalue weighted by atomic mass is 10.00. The third kappa shape index (κ3) is 4.04. The third-order valence-electron chi connectivity index (χ3n) is 5.00. The van der Waals surface area contributed by atoms with Gasteiger partial charge >= 0.3 is 0 Å². The standard InChI is InChI=1S/C25H20Cl2N2O/c1-15(2)17-7-3-5-9-22(17)29-25(30)20-14-24(19-12-11-16(26)13-21(19)27)28-23-10-6-4-8-18(20)23/h3-15H,1-2H3,(H,29,30). The highest BCUT2D eigenvalue weighted by molar-refractivity contribution is 6.36. The van der Waals surface area contributed by atoms with Crippen molar-refractivity contribution in [2.75, 3.05) is 5.32 Å². The monoisotopic (exact) mass is 434 g/mol. The predicted octanol–water partition coefficient (Wildman–Crippen LogP) is 7.58. The molecule has 0 saturated heterocycles. The fourth-order valence-electron chi connectivity index (χ4n) is 3.50. The van der Waals surface area contributed by atoms with Gasteiger partial charge in [0.05, 0.1) is 21.8 Å². The number of pyridine rings is 1. The van der Waals surface area contributed by atoms with E-state index in [1.165, 1.54) is 0 Å². The van der Waals surface area contributed by atoms with Gasteiger partial charge in [-0.25, -0.2) is 4.98 Å². The van der Waals surface area contributed by atoms with E-state index in [1.54, 1.807) is 18.2 Å². The van der Waals surface area contributed by atoms with E-state index in [1.807, 2.05) is 54.6 Å². The maximum Gasteiger partial charge on any atom is 0.256 e. The zero-order valence-corrected chi connectivity index (χ0v) is 18.1. The number of para-hydroxylation sites is 2. The van der Waals surface area contributed by atoms with E-state index in [9.17, 15) is 4.79 Å². The quantitative estimate of drug-likeness (QED) is 0.359. The maximum absolute atomic E-state index is 13.3. The molecule has 0 spiro atoms. The SMILES string of the molecule is CC(C)c1ccccc1NC(=O)c1cc(-c2ccc(Cl)cc2Cl)nc2ccccc12. The van der Waals surface area contributed by atoms with Crippen LogP contribution in [0.5, 0.6) is 0 Å². The van der Waals surface area contributed by atoms with Crippen molar-refractivity contribution in [1.82, 2.24) is 4.98 Å². The third-order valence-corrected chi connectivity index (χ3v) is 5.55. The van der Waals surface area contributed by atoms with Crippen molar-refractivity contribution in [3.05, 3.63) is 94.0 Å². The molecule has 1 heterocycles. The molecule has 1 amide bonds. The number of nitrogens with one attached hydrogen (secondary N) is 1. The molecule has 4 rings (SSSR count). The molecule has 4 aromatic rings. The number of carbonyl (C=O) groups is 1. The highest BCUT2D eigenvalue weighted by atomic mass is 35.5. The average Bonchev–Trinajstić information content (AvgIpc) is 2.73. The Morgan fingerprint density at radius 3 is 2.43 bits per heavy atom. The molecule has 0 aliphatic rings. The van der Waals surface area contributed by atoms with Crippen LogP contribution in [0.4, 0.5) is 5.69 Å². The largest absolute Gasteiger partial charge is 0.322 e. The molecular weight excluding hydrogens is 415 g/mol. The second-order valence-corrected chi connectivity index (χ2v) is 8.24. The normalized spacial score (nSPS) is 11.1. The van der Waals surface area contributed by atoms with Crippen LogP contribution in [0.2, 0.25) is 10.0 Å². The molecule has 3 aromatic carbocycles. The van der Waals surface area contributed by atoms with Gasteiger partial charge in [0.15, 0.2) is 0 Å². The number of nitrogens with zero attached hydrogens (tertiary/aromatic N) is 1. The van der Waals surface area contributed by atoms with Crippen LogP contribution in [0, 0.1) is 0 Å². The van der Waals surface area contributed by atoms with Gasteiger partial charge in [-0.15, -0.1) is 0 Å². The number of fused-ring (bicyclic) bond motifs is 1. The van der Waals surface area contributed by atoms with Crippen molar-refractivity contribution in [2.24, 2.45) is 0 Å². The van der Waals surface area contributed by atoms with Crippen molar-refractivity contribution in [3.8, 4) is 11.3 Å². The molecule has 1 N–H and O–H groups in total. The number of hydrogen-bond acceptors (Lipinski definition) is 2. The fraction of sp³-hybridized carbons (Fsp3) is 0.120. The molecule has 3 nitrogen and oxygen atoms in total. The fourth-order valence-corrected chi connectivity index (χ4v) is 4.01. The molecule has 0 fully saturated rings. The first-order chi connectivity index (χ1) is 14.4. The molecule has 1 aromatic heterocycles. The Bertz CT molecular complexity index is 1250. The minimum absolute atomic E-state index is 0.187. The first kappa shape index (κ1) is 20.4. The number of benzene rings is 3. The van der Waals surface area contributed by atoms with Gasteiger partial charge in [0.25, 0.3) is 5.91 Å². The average molecular weight is 435 g/mol. The minimum Gasteiger partial charge on any atom is -0.322 e. The van der Waals surface area contributed by atoms with E-state index >= 15 is 0 Å². The van der Waals surface area contributed by atoms with Crippen LogP contribution in [0.3, 0.4) is 0 Å². The van der Waals surface area contributed by atoms with Crippen LogP contribution in [0.15, 0.2) is 72.8 Å². The van der Waals surface area contributed by atoms with Gasteiger partial charge < -0.3 is 5.32 Å². The summed E-state index contributed by atoms with van der Waals surface area (Å²) in [6.07, 6.45) is 0. The highest BCUT2D eigenvalue weighted by Gasteiger charge is 2.17. The second kappa shape index (κ2) is 8.47. The number of hydrogen-bond donors (Lipinski definition) is 1. The van der Waals surface area contributed by atoms with E-state index < -0.39 is 0 Å². The Morgan fingerprint density at radius 2 is 1.67 bits per heavy atom. The van der Waals surface area contributed by atoms with Crippen molar-refractivity contribution in [2.45, 2.75) is 19.8 Å². The maximum atomic E-state index is 13.3. The molecule has 0 bridgehead atoms. The van der Waals surface area contributed by atoms with Crippen LogP contribution in [0.1, 0.15) is 35.7 Å². The van der Waals surface area contributed by atoms with Crippen LogP contribution < -0.4 is 5.32 Å². The van der Waals surface area contributed by atoms with Crippen molar-refractivity contribution >= 4 is 45.7 Å². The number of aromatic nitrogens is 1. The Hall–Kier alpha value is -2.88. The van der Waals surface area contributed by atoms with Gasteiger partial charge in [0, 0.05) is 21.7 Å². The molecule has 0 aliphatic carbocycles. The Morgan fingerprint density at radius 1 is 0.933 bits per heavy atom. The summed E-state index contributed by atoms with van der Waals surface area (Å²) >= 11 is 12.5. The summed E-state index contributed by atoms with van der Waals surface area (Å²) < 4.78 is 0. The van der Waals surface area contributed by atoms with E-state index in [4.69, 9.17) is 28.2 Å². The predicted molar refractivity (Wildman–Crippen MR) is 126 cm³/mol. The van der Waals surface area contributed by atoms with Crippen LogP contribution in [0.25, 0.3) is 22.2 Å². The topological polar surface area (TPSA) is 42.0 Å². The smallest absolute Gasteiger partial charge is 0.256 e. The van der Waals surface area contributed by atoms with Gasteiger partial charge in [0.1, 0.15) is 0 Å². The number of halogens is 2. The van der Waals surface area contributed by atoms with Crippen molar-refractivity contribution < 1.29 is 4.79 Å². The van der Waals surface area contributed by atoms with Crippen LogP contribution >= 0.6 is 23.2 Å². The molecule has 0 radical (unpaired) electrons. The number of rotatable bonds is 4. The Balaban J connectivity index is 1.83. The zero-order valence-electron chi connectivity index (χ0n) is 16.6. The lowest BCUT2D eigenvalue weighted by Crippen LogP contribution is -2.14. The molecular formula is C25H20Cl2N2O. The van der Waals surface area contributed by atoms with Crippen LogP contribution in [-0.2, 0) is 0 Å². The lowest BCUT2D eigenvalue weighted by Gasteiger charge is -2.15. The molecule has 0 saturated carbocycles. The Labute approximate surface area is 185 Å². The van der Waals surface area contributed by atoms with E-state index in [0.717, 1.165) is 27.7 Å². The molecule has 30 heavy (non-hydrogen) atoms. The van der Waals surface area contributed by atoms with E-state index in [2.05, 4.69) is 19.2 Å². The minimum atomic E-state index is -0.187. The number of carbonyl (C=O) groups excluding carboxylic acids is 1. The van der Waals surface area contributed by atoms with Gasteiger partial charge in [-0.1, -0.05) is 73.4 Å². The summed E-state index contributed by atoms with van der Waals surface area (Å²) in [6.45, 7) is 4.21. The number of amides is 1. The summed E-state index contributed by atoms with van der Waals surface area (Å²) in [5, 5.41) is 4.90. The van der Waals surface area contributed by atoms with Gasteiger partial charge in [-0.2, -0.15) is 0 Å². The second-order valence-electron chi connectivity index (χ2n) is 7.39.